The molecule has 0 aliphatic carbocycles. The number of benzene rings is 3. The normalized spacial score (nSPS) is 15.5. The predicted molar refractivity (Wildman–Crippen MR) is 125 cm³/mol. The van der Waals surface area contributed by atoms with Crippen molar-refractivity contribution in [1.82, 2.24) is 9.55 Å². The number of aryl methyl sites for hydroxylation is 2. The summed E-state index contributed by atoms with van der Waals surface area (Å²) < 4.78 is 2.13. The highest BCUT2D eigenvalue weighted by molar-refractivity contribution is 6.06. The molecule has 31 heavy (non-hydrogen) atoms. The summed E-state index contributed by atoms with van der Waals surface area (Å²) >= 11 is 0. The van der Waals surface area contributed by atoms with Gasteiger partial charge in [0.25, 0.3) is 5.91 Å². The van der Waals surface area contributed by atoms with E-state index < -0.39 is 0 Å². The molecule has 0 saturated carbocycles. The SMILES string of the molecule is CC1=C(C(=O)Nc2ccc(C)cc2)[C@@H](c2ccccc2C)n2c(nc3ccccc32)N1. The van der Waals surface area contributed by atoms with Crippen molar-refractivity contribution in [3.63, 3.8) is 0 Å². The molecule has 0 saturated heterocycles. The fourth-order valence-electron chi connectivity index (χ4n) is 4.28. The molecule has 4 aromatic rings. The van der Waals surface area contributed by atoms with E-state index >= 15 is 0 Å². The highest BCUT2D eigenvalue weighted by Crippen LogP contribution is 2.40. The maximum atomic E-state index is 13.6. The zero-order valence-electron chi connectivity index (χ0n) is 17.8. The lowest BCUT2D eigenvalue weighted by Gasteiger charge is -2.31. The number of para-hydroxylation sites is 2. The summed E-state index contributed by atoms with van der Waals surface area (Å²) in [6.07, 6.45) is 0. The summed E-state index contributed by atoms with van der Waals surface area (Å²) in [5.74, 6) is 0.629. The van der Waals surface area contributed by atoms with Gasteiger partial charge in [0.15, 0.2) is 0 Å². The summed E-state index contributed by atoms with van der Waals surface area (Å²) in [5, 5.41) is 6.45. The average Bonchev–Trinajstić information content (AvgIpc) is 3.12. The molecular weight excluding hydrogens is 384 g/mol. The first-order chi connectivity index (χ1) is 15.0. The van der Waals surface area contributed by atoms with Gasteiger partial charge in [0.1, 0.15) is 0 Å². The Kier molecular flexibility index (Phi) is 4.59. The van der Waals surface area contributed by atoms with Crippen molar-refractivity contribution in [3.8, 4) is 0 Å². The third-order valence-electron chi connectivity index (χ3n) is 5.87. The first-order valence-electron chi connectivity index (χ1n) is 10.4. The minimum Gasteiger partial charge on any atom is -0.329 e. The van der Waals surface area contributed by atoms with Crippen LogP contribution in [0.3, 0.4) is 0 Å². The van der Waals surface area contributed by atoms with E-state index in [0.717, 1.165) is 45.1 Å². The second-order valence-corrected chi connectivity index (χ2v) is 8.04. The number of rotatable bonds is 3. The van der Waals surface area contributed by atoms with Gasteiger partial charge in [-0.3, -0.25) is 9.36 Å². The van der Waals surface area contributed by atoms with E-state index in [1.807, 2.05) is 68.4 Å². The second kappa shape index (κ2) is 7.43. The average molecular weight is 409 g/mol. The quantitative estimate of drug-likeness (QED) is 0.465. The molecule has 3 aromatic carbocycles. The lowest BCUT2D eigenvalue weighted by Crippen LogP contribution is -2.31. The van der Waals surface area contributed by atoms with Gasteiger partial charge in [-0.2, -0.15) is 0 Å². The van der Waals surface area contributed by atoms with Crippen LogP contribution in [0.4, 0.5) is 11.6 Å². The summed E-state index contributed by atoms with van der Waals surface area (Å²) in [5.41, 5.74) is 7.53. The number of hydrogen-bond donors (Lipinski definition) is 2. The molecule has 2 heterocycles. The molecule has 0 bridgehead atoms. The van der Waals surface area contributed by atoms with Gasteiger partial charge >= 0.3 is 0 Å². The van der Waals surface area contributed by atoms with Crippen molar-refractivity contribution >= 4 is 28.6 Å². The largest absolute Gasteiger partial charge is 0.329 e. The lowest BCUT2D eigenvalue weighted by atomic mass is 9.91. The number of fused-ring (bicyclic) bond motifs is 3. The first-order valence-corrected chi connectivity index (χ1v) is 10.4. The number of imidazole rings is 1. The summed E-state index contributed by atoms with van der Waals surface area (Å²) in [6, 6.07) is 23.8. The Hall–Kier alpha value is -3.86. The Labute approximate surface area is 181 Å². The number of allylic oxidation sites excluding steroid dienone is 1. The second-order valence-electron chi connectivity index (χ2n) is 8.04. The molecule has 154 valence electrons. The standard InChI is InChI=1S/C26H24N4O/c1-16-12-14-19(15-13-16)28-25(31)23-18(3)27-26-29-21-10-6-7-11-22(21)30(26)24(23)20-9-5-4-8-17(20)2/h4-15,24H,1-3H3,(H,27,29)(H,28,31)/t24-/m1/s1. The molecule has 1 aliphatic heterocycles. The Balaban J connectivity index is 1.67. The molecule has 0 unspecified atom stereocenters. The lowest BCUT2D eigenvalue weighted by molar-refractivity contribution is -0.113. The minimum absolute atomic E-state index is 0.120. The van der Waals surface area contributed by atoms with Crippen molar-refractivity contribution in [2.75, 3.05) is 10.6 Å². The fraction of sp³-hybridized carbons (Fsp3) is 0.154. The summed E-state index contributed by atoms with van der Waals surface area (Å²) in [6.45, 7) is 6.06. The molecule has 1 aliphatic rings. The number of nitrogens with one attached hydrogen (secondary N) is 2. The van der Waals surface area contributed by atoms with Crippen LogP contribution in [-0.2, 0) is 4.79 Å². The van der Waals surface area contributed by atoms with Gasteiger partial charge in [0, 0.05) is 11.4 Å². The van der Waals surface area contributed by atoms with Crippen LogP contribution in [-0.4, -0.2) is 15.5 Å². The van der Waals surface area contributed by atoms with Gasteiger partial charge in [-0.25, -0.2) is 4.98 Å². The third kappa shape index (κ3) is 3.28. The molecule has 2 N–H and O–H groups in total. The van der Waals surface area contributed by atoms with E-state index in [1.165, 1.54) is 0 Å². The van der Waals surface area contributed by atoms with Gasteiger partial charge in [-0.15, -0.1) is 0 Å². The van der Waals surface area contributed by atoms with Gasteiger partial charge in [-0.05, 0) is 56.2 Å². The van der Waals surface area contributed by atoms with Crippen molar-refractivity contribution in [3.05, 3.63) is 101 Å². The maximum Gasteiger partial charge on any atom is 0.255 e. The van der Waals surface area contributed by atoms with E-state index in [-0.39, 0.29) is 11.9 Å². The highest BCUT2D eigenvalue weighted by Gasteiger charge is 2.34. The van der Waals surface area contributed by atoms with Crippen LogP contribution in [0.2, 0.25) is 0 Å². The Bertz CT molecular complexity index is 1330. The number of carbonyl (C=O) groups excluding carboxylic acids is 1. The zero-order chi connectivity index (χ0) is 21.5. The van der Waals surface area contributed by atoms with Crippen LogP contribution in [0.25, 0.3) is 11.0 Å². The number of anilines is 2. The predicted octanol–water partition coefficient (Wildman–Crippen LogP) is 5.58. The Morgan fingerprint density at radius 2 is 1.65 bits per heavy atom. The van der Waals surface area contributed by atoms with Crippen molar-refractivity contribution in [2.45, 2.75) is 26.8 Å². The molecule has 5 nitrogen and oxygen atoms in total. The highest BCUT2D eigenvalue weighted by atomic mass is 16.1. The maximum absolute atomic E-state index is 13.6. The van der Waals surface area contributed by atoms with Gasteiger partial charge in [-0.1, -0.05) is 54.1 Å². The van der Waals surface area contributed by atoms with E-state index in [1.54, 1.807) is 0 Å². The van der Waals surface area contributed by atoms with Crippen LogP contribution < -0.4 is 10.6 Å². The van der Waals surface area contributed by atoms with Gasteiger partial charge in [0.2, 0.25) is 5.95 Å². The van der Waals surface area contributed by atoms with E-state index in [9.17, 15) is 4.79 Å². The fourth-order valence-corrected chi connectivity index (χ4v) is 4.28. The topological polar surface area (TPSA) is 59.0 Å². The number of carbonyl (C=O) groups is 1. The van der Waals surface area contributed by atoms with Crippen LogP contribution in [0.1, 0.15) is 29.7 Å². The smallest absolute Gasteiger partial charge is 0.255 e. The number of aromatic nitrogens is 2. The Morgan fingerprint density at radius 3 is 2.42 bits per heavy atom. The van der Waals surface area contributed by atoms with Crippen LogP contribution >= 0.6 is 0 Å². The molecule has 0 radical (unpaired) electrons. The Morgan fingerprint density at radius 1 is 0.935 bits per heavy atom. The van der Waals surface area contributed by atoms with Crippen LogP contribution in [0, 0.1) is 13.8 Å². The molecule has 5 rings (SSSR count). The van der Waals surface area contributed by atoms with Gasteiger partial charge in [0.05, 0.1) is 22.6 Å². The molecule has 5 heteroatoms. The molecule has 1 atom stereocenters. The van der Waals surface area contributed by atoms with Crippen LogP contribution in [0.15, 0.2) is 84.1 Å². The minimum atomic E-state index is -0.282. The van der Waals surface area contributed by atoms with E-state index in [4.69, 9.17) is 4.98 Å². The third-order valence-corrected chi connectivity index (χ3v) is 5.87. The summed E-state index contributed by atoms with van der Waals surface area (Å²) in [7, 11) is 0. The van der Waals surface area contributed by atoms with E-state index in [2.05, 4.69) is 40.3 Å². The first kappa shape index (κ1) is 19.1. The number of nitrogens with zero attached hydrogens (tertiary/aromatic N) is 2. The summed E-state index contributed by atoms with van der Waals surface area (Å²) in [4.78, 5) is 18.4. The van der Waals surface area contributed by atoms with E-state index in [0.29, 0.717) is 5.57 Å². The number of hydrogen-bond acceptors (Lipinski definition) is 3. The van der Waals surface area contributed by atoms with Crippen LogP contribution in [0.5, 0.6) is 0 Å². The zero-order valence-corrected chi connectivity index (χ0v) is 17.8. The molecular formula is C26H24N4O. The van der Waals surface area contributed by atoms with Crippen molar-refractivity contribution in [2.24, 2.45) is 0 Å². The number of amides is 1. The van der Waals surface area contributed by atoms with Gasteiger partial charge < -0.3 is 10.6 Å². The molecule has 0 fully saturated rings. The van der Waals surface area contributed by atoms with Crippen molar-refractivity contribution < 1.29 is 4.79 Å². The molecule has 1 amide bonds. The van der Waals surface area contributed by atoms with Crippen molar-refractivity contribution in [1.29, 1.82) is 0 Å². The molecule has 0 spiro atoms. The monoisotopic (exact) mass is 408 g/mol. The molecule has 1 aromatic heterocycles.